The van der Waals surface area contributed by atoms with Crippen LogP contribution in [0.2, 0.25) is 0 Å². The standard InChI is InChI=1S/C26H26N6O4/c1-16-24(17-3-6-21-19(13-17)29-23(33)15-36-21)30-25(26-27-7-8-32(16)26)28-18-4-5-20(22(14-18)34-2)31-9-11-35-12-10-31/h3-8,13-14H,9-12,15H2,1-2H3,(H,28,30)(H,29,33). The van der Waals surface area contributed by atoms with Gasteiger partial charge >= 0.3 is 0 Å². The van der Waals surface area contributed by atoms with Gasteiger partial charge in [-0.25, -0.2) is 9.97 Å². The summed E-state index contributed by atoms with van der Waals surface area (Å²) in [6.45, 7) is 5.08. The fraction of sp³-hybridized carbons (Fsp3) is 0.269. The van der Waals surface area contributed by atoms with E-state index in [2.05, 4.69) is 26.6 Å². The van der Waals surface area contributed by atoms with Crippen LogP contribution in [0, 0.1) is 6.92 Å². The van der Waals surface area contributed by atoms with E-state index in [1.807, 2.05) is 47.9 Å². The van der Waals surface area contributed by atoms with E-state index in [0.29, 0.717) is 36.1 Å². The van der Waals surface area contributed by atoms with Gasteiger partial charge in [0.1, 0.15) is 11.5 Å². The highest BCUT2D eigenvalue weighted by molar-refractivity contribution is 5.96. The molecule has 0 radical (unpaired) electrons. The lowest BCUT2D eigenvalue weighted by molar-refractivity contribution is -0.118. The Morgan fingerprint density at radius 1 is 1.14 bits per heavy atom. The van der Waals surface area contributed by atoms with Crippen molar-refractivity contribution in [1.82, 2.24) is 14.4 Å². The minimum atomic E-state index is -0.175. The van der Waals surface area contributed by atoms with Crippen molar-refractivity contribution in [2.24, 2.45) is 0 Å². The quantitative estimate of drug-likeness (QED) is 0.441. The maximum absolute atomic E-state index is 11.8. The van der Waals surface area contributed by atoms with Gasteiger partial charge in [-0.2, -0.15) is 0 Å². The summed E-state index contributed by atoms with van der Waals surface area (Å²) in [5.74, 6) is 1.86. The zero-order valence-electron chi connectivity index (χ0n) is 20.1. The van der Waals surface area contributed by atoms with Crippen LogP contribution >= 0.6 is 0 Å². The molecule has 1 amide bonds. The van der Waals surface area contributed by atoms with Crippen LogP contribution in [0.3, 0.4) is 0 Å². The molecule has 0 spiro atoms. The lowest BCUT2D eigenvalue weighted by Gasteiger charge is -2.30. The zero-order chi connectivity index (χ0) is 24.6. The normalized spacial score (nSPS) is 15.3. The number of hydrogen-bond donors (Lipinski definition) is 2. The number of ether oxygens (including phenoxy) is 3. The Labute approximate surface area is 207 Å². The molecule has 10 heteroatoms. The maximum Gasteiger partial charge on any atom is 0.262 e. The van der Waals surface area contributed by atoms with Crippen molar-refractivity contribution in [3.8, 4) is 22.8 Å². The van der Waals surface area contributed by atoms with Crippen LogP contribution in [-0.4, -0.2) is 60.3 Å². The Morgan fingerprint density at radius 2 is 2.00 bits per heavy atom. The highest BCUT2D eigenvalue weighted by Gasteiger charge is 2.20. The molecule has 4 heterocycles. The van der Waals surface area contributed by atoms with Gasteiger partial charge in [-0.3, -0.25) is 9.20 Å². The van der Waals surface area contributed by atoms with E-state index < -0.39 is 0 Å². The Morgan fingerprint density at radius 3 is 2.83 bits per heavy atom. The van der Waals surface area contributed by atoms with E-state index >= 15 is 0 Å². The van der Waals surface area contributed by atoms with Crippen LogP contribution < -0.4 is 25.0 Å². The largest absolute Gasteiger partial charge is 0.495 e. The third-order valence-corrected chi connectivity index (χ3v) is 6.46. The number of methoxy groups -OCH3 is 1. The monoisotopic (exact) mass is 486 g/mol. The molecule has 6 rings (SSSR count). The number of hydrogen-bond acceptors (Lipinski definition) is 8. The number of carbonyl (C=O) groups is 1. The van der Waals surface area contributed by atoms with Crippen LogP contribution in [0.5, 0.6) is 11.5 Å². The molecule has 1 fully saturated rings. The van der Waals surface area contributed by atoms with E-state index in [4.69, 9.17) is 19.2 Å². The summed E-state index contributed by atoms with van der Waals surface area (Å²) in [6.07, 6.45) is 3.66. The molecule has 0 atom stereocenters. The molecule has 184 valence electrons. The first-order chi connectivity index (χ1) is 17.6. The van der Waals surface area contributed by atoms with Gasteiger partial charge < -0.3 is 29.7 Å². The molecule has 36 heavy (non-hydrogen) atoms. The van der Waals surface area contributed by atoms with Crippen molar-refractivity contribution in [3.63, 3.8) is 0 Å². The van der Waals surface area contributed by atoms with Gasteiger partial charge in [0.15, 0.2) is 18.1 Å². The second-order valence-corrected chi connectivity index (χ2v) is 8.67. The second-order valence-electron chi connectivity index (χ2n) is 8.67. The number of aromatic nitrogens is 3. The number of carbonyl (C=O) groups excluding carboxylic acids is 1. The number of anilines is 4. The molecule has 2 aliphatic rings. The van der Waals surface area contributed by atoms with Gasteiger partial charge in [0, 0.05) is 48.5 Å². The molecular formula is C26H26N6O4. The van der Waals surface area contributed by atoms with Crippen LogP contribution in [0.25, 0.3) is 16.9 Å². The molecule has 4 aromatic rings. The summed E-state index contributed by atoms with van der Waals surface area (Å²) >= 11 is 0. The number of rotatable bonds is 5. The van der Waals surface area contributed by atoms with Gasteiger partial charge in [0.05, 0.1) is 37.4 Å². The Bertz CT molecular complexity index is 1460. The summed E-state index contributed by atoms with van der Waals surface area (Å²) in [4.78, 5) is 23.6. The van der Waals surface area contributed by atoms with Gasteiger partial charge in [0.2, 0.25) is 0 Å². The van der Waals surface area contributed by atoms with Gasteiger partial charge in [-0.05, 0) is 37.3 Å². The van der Waals surface area contributed by atoms with Gasteiger partial charge in [-0.15, -0.1) is 0 Å². The highest BCUT2D eigenvalue weighted by Crippen LogP contribution is 2.36. The van der Waals surface area contributed by atoms with E-state index in [-0.39, 0.29) is 12.5 Å². The number of aryl methyl sites for hydroxylation is 1. The second kappa shape index (κ2) is 9.04. The van der Waals surface area contributed by atoms with Crippen molar-refractivity contribution in [1.29, 1.82) is 0 Å². The first-order valence-corrected chi connectivity index (χ1v) is 11.8. The lowest BCUT2D eigenvalue weighted by atomic mass is 10.1. The number of imidazole rings is 1. The molecule has 0 unspecified atom stereocenters. The molecule has 2 aromatic heterocycles. The maximum atomic E-state index is 11.8. The van der Waals surface area contributed by atoms with Gasteiger partial charge in [-0.1, -0.05) is 0 Å². The first kappa shape index (κ1) is 22.2. The van der Waals surface area contributed by atoms with E-state index in [0.717, 1.165) is 47.2 Å². The topological polar surface area (TPSA) is 102 Å². The smallest absolute Gasteiger partial charge is 0.262 e. The molecule has 2 aliphatic heterocycles. The first-order valence-electron chi connectivity index (χ1n) is 11.8. The average Bonchev–Trinajstić information content (AvgIpc) is 3.41. The summed E-state index contributed by atoms with van der Waals surface area (Å²) in [6, 6.07) is 11.7. The van der Waals surface area contributed by atoms with Gasteiger partial charge in [0.25, 0.3) is 5.91 Å². The number of amides is 1. The van der Waals surface area contributed by atoms with E-state index in [9.17, 15) is 4.79 Å². The predicted octanol–water partition coefficient (Wildman–Crippen LogP) is 3.62. The number of morpholine rings is 1. The fourth-order valence-electron chi connectivity index (χ4n) is 4.65. The predicted molar refractivity (Wildman–Crippen MR) is 137 cm³/mol. The van der Waals surface area contributed by atoms with Crippen LogP contribution in [0.1, 0.15) is 5.69 Å². The molecular weight excluding hydrogens is 460 g/mol. The molecule has 0 bridgehead atoms. The third-order valence-electron chi connectivity index (χ3n) is 6.46. The third kappa shape index (κ3) is 3.95. The molecule has 2 N–H and O–H groups in total. The molecule has 1 saturated heterocycles. The summed E-state index contributed by atoms with van der Waals surface area (Å²) in [5, 5.41) is 6.30. The fourth-order valence-corrected chi connectivity index (χ4v) is 4.65. The number of fused-ring (bicyclic) bond motifs is 2. The number of benzene rings is 2. The van der Waals surface area contributed by atoms with Crippen molar-refractivity contribution in [2.75, 3.05) is 55.6 Å². The Balaban J connectivity index is 1.38. The van der Waals surface area contributed by atoms with E-state index in [1.54, 1.807) is 13.3 Å². The highest BCUT2D eigenvalue weighted by atomic mass is 16.5. The Kier molecular flexibility index (Phi) is 5.57. The van der Waals surface area contributed by atoms with Crippen molar-refractivity contribution in [3.05, 3.63) is 54.5 Å². The minimum Gasteiger partial charge on any atom is -0.495 e. The number of nitrogens with zero attached hydrogens (tertiary/aromatic N) is 4. The van der Waals surface area contributed by atoms with Crippen LogP contribution in [0.15, 0.2) is 48.8 Å². The van der Waals surface area contributed by atoms with Crippen molar-refractivity contribution in [2.45, 2.75) is 6.92 Å². The van der Waals surface area contributed by atoms with Crippen molar-refractivity contribution < 1.29 is 19.0 Å². The van der Waals surface area contributed by atoms with Crippen LogP contribution in [0.4, 0.5) is 22.9 Å². The molecule has 0 saturated carbocycles. The van der Waals surface area contributed by atoms with Crippen molar-refractivity contribution >= 4 is 34.4 Å². The lowest BCUT2D eigenvalue weighted by Crippen LogP contribution is -2.36. The number of nitrogens with one attached hydrogen (secondary N) is 2. The molecule has 10 nitrogen and oxygen atoms in total. The zero-order valence-corrected chi connectivity index (χ0v) is 20.1. The summed E-state index contributed by atoms with van der Waals surface area (Å²) in [7, 11) is 1.68. The van der Waals surface area contributed by atoms with Crippen LogP contribution in [-0.2, 0) is 9.53 Å². The SMILES string of the molecule is COc1cc(Nc2nc(-c3ccc4c(c3)NC(=O)CO4)c(C)n3ccnc23)ccc1N1CCOCC1. The Hall–Kier alpha value is -4.31. The summed E-state index contributed by atoms with van der Waals surface area (Å²) in [5.41, 5.74) is 5.76. The van der Waals surface area contributed by atoms with E-state index in [1.165, 1.54) is 0 Å². The summed E-state index contributed by atoms with van der Waals surface area (Å²) < 4.78 is 18.7. The average molecular weight is 487 g/mol. The molecule has 0 aliphatic carbocycles. The minimum absolute atomic E-state index is 0.0203. The molecule has 2 aromatic carbocycles.